The molecule has 0 spiro atoms. The summed E-state index contributed by atoms with van der Waals surface area (Å²) in [6, 6.07) is 6.45. The molecule has 0 saturated heterocycles. The largest absolute Gasteiger partial charge is 0.478 e. The van der Waals surface area contributed by atoms with Crippen LogP contribution in [0, 0.1) is 5.92 Å². The Morgan fingerprint density at radius 1 is 1.25 bits per heavy atom. The van der Waals surface area contributed by atoms with Gasteiger partial charge in [0.2, 0.25) is 5.91 Å². The van der Waals surface area contributed by atoms with Gasteiger partial charge >= 0.3 is 5.97 Å². The molecule has 0 aliphatic carbocycles. The molecule has 2 N–H and O–H groups in total. The summed E-state index contributed by atoms with van der Waals surface area (Å²) >= 11 is 0. The summed E-state index contributed by atoms with van der Waals surface area (Å²) < 4.78 is 0. The quantitative estimate of drug-likeness (QED) is 0.812. The summed E-state index contributed by atoms with van der Waals surface area (Å²) in [5.41, 5.74) is 1.14. The molecule has 0 aromatic heterocycles. The molecule has 4 heteroatoms. The van der Waals surface area contributed by atoms with Crippen LogP contribution in [-0.2, 0) is 11.3 Å². The van der Waals surface area contributed by atoms with E-state index in [-0.39, 0.29) is 17.4 Å². The summed E-state index contributed by atoms with van der Waals surface area (Å²) in [5.74, 6) is -1.00. The second-order valence-corrected chi connectivity index (χ2v) is 3.87. The van der Waals surface area contributed by atoms with Gasteiger partial charge in [-0.25, -0.2) is 4.79 Å². The van der Waals surface area contributed by atoms with Gasteiger partial charge in [0.25, 0.3) is 0 Å². The summed E-state index contributed by atoms with van der Waals surface area (Å²) in [4.78, 5) is 21.9. The van der Waals surface area contributed by atoms with Gasteiger partial charge in [-0.15, -0.1) is 0 Å². The molecule has 0 aliphatic rings. The maximum Gasteiger partial charge on any atom is 0.335 e. The van der Waals surface area contributed by atoms with Gasteiger partial charge in [-0.1, -0.05) is 26.0 Å². The number of benzene rings is 1. The minimum atomic E-state index is -0.947. The average Bonchev–Trinajstić information content (AvgIpc) is 2.26. The number of aromatic carboxylic acids is 1. The van der Waals surface area contributed by atoms with Gasteiger partial charge < -0.3 is 10.4 Å². The molecule has 0 aliphatic heterocycles. The van der Waals surface area contributed by atoms with Gasteiger partial charge in [0.1, 0.15) is 0 Å². The van der Waals surface area contributed by atoms with Crippen LogP contribution in [0.2, 0.25) is 0 Å². The Morgan fingerprint density at radius 2 is 1.81 bits per heavy atom. The Hall–Kier alpha value is -1.84. The molecule has 4 nitrogen and oxygen atoms in total. The lowest BCUT2D eigenvalue weighted by Gasteiger charge is -2.07. The number of rotatable bonds is 4. The number of carbonyl (C=O) groups is 2. The third kappa shape index (κ3) is 3.38. The van der Waals surface area contributed by atoms with E-state index in [4.69, 9.17) is 5.11 Å². The molecule has 0 heterocycles. The zero-order valence-electron chi connectivity index (χ0n) is 9.36. The first kappa shape index (κ1) is 12.2. The van der Waals surface area contributed by atoms with E-state index in [1.54, 1.807) is 12.1 Å². The molecule has 1 aromatic rings. The maximum atomic E-state index is 11.3. The van der Waals surface area contributed by atoms with E-state index >= 15 is 0 Å². The molecule has 0 bridgehead atoms. The van der Waals surface area contributed by atoms with Crippen molar-refractivity contribution >= 4 is 11.9 Å². The SMILES string of the molecule is CC(C)C(=O)NCc1ccc(C(=O)O)cc1. The standard InChI is InChI=1S/C12H15NO3/c1-8(2)11(14)13-7-9-3-5-10(6-4-9)12(15)16/h3-6,8H,7H2,1-2H3,(H,13,14)(H,15,16). The minimum absolute atomic E-state index is 0.0117. The van der Waals surface area contributed by atoms with Crippen molar-refractivity contribution in [2.45, 2.75) is 20.4 Å². The van der Waals surface area contributed by atoms with E-state index in [9.17, 15) is 9.59 Å². The number of carboxylic acids is 1. The first-order valence-electron chi connectivity index (χ1n) is 5.10. The van der Waals surface area contributed by atoms with Crippen molar-refractivity contribution in [2.75, 3.05) is 0 Å². The Morgan fingerprint density at radius 3 is 2.25 bits per heavy atom. The molecule has 1 aromatic carbocycles. The van der Waals surface area contributed by atoms with Crippen molar-refractivity contribution in [3.05, 3.63) is 35.4 Å². The highest BCUT2D eigenvalue weighted by atomic mass is 16.4. The number of amides is 1. The fraction of sp³-hybridized carbons (Fsp3) is 0.333. The molecule has 1 rings (SSSR count). The smallest absolute Gasteiger partial charge is 0.335 e. The molecule has 0 atom stereocenters. The van der Waals surface area contributed by atoms with Crippen LogP contribution in [0.3, 0.4) is 0 Å². The predicted octanol–water partition coefficient (Wildman–Crippen LogP) is 1.66. The van der Waals surface area contributed by atoms with E-state index in [0.29, 0.717) is 6.54 Å². The van der Waals surface area contributed by atoms with Crippen LogP contribution in [0.5, 0.6) is 0 Å². The molecular weight excluding hydrogens is 206 g/mol. The lowest BCUT2D eigenvalue weighted by Crippen LogP contribution is -2.27. The van der Waals surface area contributed by atoms with E-state index in [1.165, 1.54) is 12.1 Å². The fourth-order valence-corrected chi connectivity index (χ4v) is 1.16. The molecule has 16 heavy (non-hydrogen) atoms. The Balaban J connectivity index is 2.56. The van der Waals surface area contributed by atoms with Gasteiger partial charge in [0.05, 0.1) is 5.56 Å². The summed E-state index contributed by atoms with van der Waals surface area (Å²) in [7, 11) is 0. The van der Waals surface area contributed by atoms with Crippen LogP contribution < -0.4 is 5.32 Å². The van der Waals surface area contributed by atoms with Gasteiger partial charge in [-0.3, -0.25) is 4.79 Å². The second kappa shape index (κ2) is 5.30. The summed E-state index contributed by atoms with van der Waals surface area (Å²) in [6.45, 7) is 4.07. The van der Waals surface area contributed by atoms with Crippen molar-refractivity contribution in [3.63, 3.8) is 0 Å². The second-order valence-electron chi connectivity index (χ2n) is 3.87. The zero-order chi connectivity index (χ0) is 12.1. The first-order valence-corrected chi connectivity index (χ1v) is 5.10. The fourth-order valence-electron chi connectivity index (χ4n) is 1.16. The van der Waals surface area contributed by atoms with E-state index in [2.05, 4.69) is 5.32 Å². The minimum Gasteiger partial charge on any atom is -0.478 e. The van der Waals surface area contributed by atoms with Crippen molar-refractivity contribution in [3.8, 4) is 0 Å². The topological polar surface area (TPSA) is 66.4 Å². The summed E-state index contributed by atoms with van der Waals surface area (Å²) in [5, 5.41) is 11.5. The summed E-state index contributed by atoms with van der Waals surface area (Å²) in [6.07, 6.45) is 0. The highest BCUT2D eigenvalue weighted by molar-refractivity contribution is 5.87. The molecule has 86 valence electrons. The highest BCUT2D eigenvalue weighted by Crippen LogP contribution is 2.04. The number of hydrogen-bond donors (Lipinski definition) is 2. The Kier molecular flexibility index (Phi) is 4.05. The van der Waals surface area contributed by atoms with Crippen LogP contribution in [0.25, 0.3) is 0 Å². The monoisotopic (exact) mass is 221 g/mol. The van der Waals surface area contributed by atoms with Crippen LogP contribution in [0.4, 0.5) is 0 Å². The third-order valence-electron chi connectivity index (χ3n) is 2.19. The van der Waals surface area contributed by atoms with Crippen molar-refractivity contribution in [1.29, 1.82) is 0 Å². The van der Waals surface area contributed by atoms with Crippen LogP contribution in [-0.4, -0.2) is 17.0 Å². The van der Waals surface area contributed by atoms with Crippen molar-refractivity contribution in [2.24, 2.45) is 5.92 Å². The van der Waals surface area contributed by atoms with Gasteiger partial charge in [-0.2, -0.15) is 0 Å². The predicted molar refractivity (Wildman–Crippen MR) is 60.1 cm³/mol. The van der Waals surface area contributed by atoms with Gasteiger partial charge in [-0.05, 0) is 17.7 Å². The molecule has 1 amide bonds. The normalized spacial score (nSPS) is 10.2. The van der Waals surface area contributed by atoms with Crippen LogP contribution in [0.15, 0.2) is 24.3 Å². The molecule has 0 radical (unpaired) electrons. The van der Waals surface area contributed by atoms with Crippen LogP contribution >= 0.6 is 0 Å². The zero-order valence-corrected chi connectivity index (χ0v) is 9.36. The molecule has 0 unspecified atom stereocenters. The van der Waals surface area contributed by atoms with Gasteiger partial charge in [0.15, 0.2) is 0 Å². The highest BCUT2D eigenvalue weighted by Gasteiger charge is 2.06. The number of hydrogen-bond acceptors (Lipinski definition) is 2. The Bertz CT molecular complexity index is 382. The molecule has 0 saturated carbocycles. The number of carbonyl (C=O) groups excluding carboxylic acids is 1. The van der Waals surface area contributed by atoms with E-state index in [1.807, 2.05) is 13.8 Å². The first-order chi connectivity index (χ1) is 7.50. The third-order valence-corrected chi connectivity index (χ3v) is 2.19. The van der Waals surface area contributed by atoms with Crippen LogP contribution in [0.1, 0.15) is 29.8 Å². The lowest BCUT2D eigenvalue weighted by molar-refractivity contribution is -0.124. The number of carboxylic acid groups (broad SMARTS) is 1. The maximum absolute atomic E-state index is 11.3. The molecule has 0 fully saturated rings. The van der Waals surface area contributed by atoms with Gasteiger partial charge in [0, 0.05) is 12.5 Å². The van der Waals surface area contributed by atoms with E-state index in [0.717, 1.165) is 5.56 Å². The average molecular weight is 221 g/mol. The van der Waals surface area contributed by atoms with Crippen molar-refractivity contribution < 1.29 is 14.7 Å². The van der Waals surface area contributed by atoms with E-state index < -0.39 is 5.97 Å². The molecular formula is C12H15NO3. The number of nitrogens with one attached hydrogen (secondary N) is 1. The lowest BCUT2D eigenvalue weighted by atomic mass is 10.1. The Labute approximate surface area is 94.3 Å². The van der Waals surface area contributed by atoms with Crippen molar-refractivity contribution in [1.82, 2.24) is 5.32 Å².